The number of allylic oxidation sites excluding steroid dienone is 6. The molecule has 0 spiro atoms. The van der Waals surface area contributed by atoms with Crippen LogP contribution >= 0.6 is 0 Å². The van der Waals surface area contributed by atoms with Crippen LogP contribution in [0.5, 0.6) is 0 Å². The summed E-state index contributed by atoms with van der Waals surface area (Å²) in [4.78, 5) is 0. The first-order valence-electron chi connectivity index (χ1n) is 6.77. The molecule has 0 aromatic carbocycles. The van der Waals surface area contributed by atoms with Crippen molar-refractivity contribution in [2.45, 2.75) is 57.8 Å². The molecule has 0 fully saturated rings. The van der Waals surface area contributed by atoms with Gasteiger partial charge in [0.1, 0.15) is 0 Å². The molecule has 2 rings (SSSR count). The van der Waals surface area contributed by atoms with Gasteiger partial charge in [0.25, 0.3) is 0 Å². The molecule has 0 saturated heterocycles. The third-order valence-corrected chi connectivity index (χ3v) is 2.83. The molecule has 0 aromatic rings. The first-order chi connectivity index (χ1) is 8.00. The topological polar surface area (TPSA) is 0 Å². The van der Waals surface area contributed by atoms with E-state index in [2.05, 4.69) is 42.9 Å². The van der Waals surface area contributed by atoms with Crippen LogP contribution in [0, 0.1) is 6.42 Å². The standard InChI is InChI=1S/C8H13.C8H12.Co/c2*1-2-4-6-8-7-5-3-1;/h1-2,5H,3-4,6-8H2;1-2,7-8H,3-6H2;/q-1;;/b2-1-;2-1-,8-7?;. The molecular formula is C16H25Co-. The van der Waals surface area contributed by atoms with E-state index < -0.39 is 0 Å². The molecule has 99 valence electrons. The van der Waals surface area contributed by atoms with Crippen LogP contribution in [-0.2, 0) is 16.8 Å². The maximum Gasteiger partial charge on any atom is 0 e. The van der Waals surface area contributed by atoms with Gasteiger partial charge in [0.05, 0.1) is 0 Å². The minimum atomic E-state index is 0. The molecule has 2 aliphatic carbocycles. The molecule has 0 aromatic heterocycles. The van der Waals surface area contributed by atoms with E-state index >= 15 is 0 Å². The van der Waals surface area contributed by atoms with Gasteiger partial charge in [0.2, 0.25) is 0 Å². The van der Waals surface area contributed by atoms with Crippen molar-refractivity contribution in [2.75, 3.05) is 0 Å². The summed E-state index contributed by atoms with van der Waals surface area (Å²) in [6.07, 6.45) is 27.5. The predicted octanol–water partition coefficient (Wildman–Crippen LogP) is 5.38. The molecule has 1 radical (unpaired) electrons. The Morgan fingerprint density at radius 1 is 0.588 bits per heavy atom. The van der Waals surface area contributed by atoms with Gasteiger partial charge in [0.15, 0.2) is 0 Å². The Bertz CT molecular complexity index is 187. The van der Waals surface area contributed by atoms with E-state index in [0.717, 1.165) is 0 Å². The van der Waals surface area contributed by atoms with Crippen LogP contribution in [-0.4, -0.2) is 0 Å². The second-order valence-electron chi connectivity index (χ2n) is 4.38. The molecule has 2 aliphatic rings. The van der Waals surface area contributed by atoms with Crippen molar-refractivity contribution in [3.63, 3.8) is 0 Å². The average molecular weight is 276 g/mol. The molecule has 0 bridgehead atoms. The van der Waals surface area contributed by atoms with E-state index in [-0.39, 0.29) is 16.8 Å². The van der Waals surface area contributed by atoms with Gasteiger partial charge in [-0.25, -0.2) is 0 Å². The molecule has 0 aliphatic heterocycles. The third-order valence-electron chi connectivity index (χ3n) is 2.83. The summed E-state index contributed by atoms with van der Waals surface area (Å²) in [5.74, 6) is 0. The monoisotopic (exact) mass is 276 g/mol. The Kier molecular flexibility index (Phi) is 13.6. The SMILES string of the molecule is C1=CCC/C=C\CC1.C1=C\CCCC[CH-]C/1.[Co]. The van der Waals surface area contributed by atoms with Crippen LogP contribution < -0.4 is 0 Å². The van der Waals surface area contributed by atoms with Gasteiger partial charge in [-0.15, -0.1) is 6.08 Å². The average Bonchev–Trinajstić information content (AvgIpc) is 2.15. The molecule has 17 heavy (non-hydrogen) atoms. The van der Waals surface area contributed by atoms with Gasteiger partial charge >= 0.3 is 0 Å². The van der Waals surface area contributed by atoms with Crippen LogP contribution in [0.4, 0.5) is 0 Å². The summed E-state index contributed by atoms with van der Waals surface area (Å²) < 4.78 is 0. The molecule has 0 heterocycles. The van der Waals surface area contributed by atoms with Gasteiger partial charge in [-0.3, -0.25) is 0 Å². The largest absolute Gasteiger partial charge is 0.325 e. The van der Waals surface area contributed by atoms with E-state index in [9.17, 15) is 0 Å². The second kappa shape index (κ2) is 13.8. The number of hydrogen-bond donors (Lipinski definition) is 0. The van der Waals surface area contributed by atoms with Crippen molar-refractivity contribution >= 4 is 0 Å². The minimum Gasteiger partial charge on any atom is -0.325 e. The van der Waals surface area contributed by atoms with E-state index in [1.54, 1.807) is 0 Å². The maximum absolute atomic E-state index is 2.36. The number of rotatable bonds is 0. The van der Waals surface area contributed by atoms with Crippen molar-refractivity contribution in [3.8, 4) is 0 Å². The van der Waals surface area contributed by atoms with Crippen molar-refractivity contribution in [1.29, 1.82) is 0 Å². The van der Waals surface area contributed by atoms with Crippen molar-refractivity contribution in [3.05, 3.63) is 42.9 Å². The van der Waals surface area contributed by atoms with Crippen LogP contribution in [0.1, 0.15) is 57.8 Å². The maximum atomic E-state index is 2.36. The fourth-order valence-electron chi connectivity index (χ4n) is 1.84. The Morgan fingerprint density at radius 2 is 1.12 bits per heavy atom. The first-order valence-corrected chi connectivity index (χ1v) is 6.77. The Morgan fingerprint density at radius 3 is 1.71 bits per heavy atom. The smallest absolute Gasteiger partial charge is 0 e. The summed E-state index contributed by atoms with van der Waals surface area (Å²) >= 11 is 0. The van der Waals surface area contributed by atoms with Crippen LogP contribution in [0.25, 0.3) is 0 Å². The van der Waals surface area contributed by atoms with E-state index in [1.165, 1.54) is 57.8 Å². The normalized spacial score (nSPS) is 23.5. The van der Waals surface area contributed by atoms with Gasteiger partial charge in [-0.1, -0.05) is 43.2 Å². The summed E-state index contributed by atoms with van der Waals surface area (Å²) in [6.45, 7) is 0. The summed E-state index contributed by atoms with van der Waals surface area (Å²) in [5, 5.41) is 0. The Labute approximate surface area is 117 Å². The van der Waals surface area contributed by atoms with Crippen molar-refractivity contribution in [2.24, 2.45) is 0 Å². The van der Waals surface area contributed by atoms with Gasteiger partial charge in [-0.05, 0) is 32.1 Å². The Balaban J connectivity index is 0.000000284. The molecule has 0 saturated carbocycles. The van der Waals surface area contributed by atoms with Gasteiger partial charge in [-0.2, -0.15) is 12.8 Å². The zero-order valence-corrected chi connectivity index (χ0v) is 11.8. The first kappa shape index (κ1) is 16.7. The van der Waals surface area contributed by atoms with Gasteiger partial charge < -0.3 is 6.42 Å². The van der Waals surface area contributed by atoms with Crippen LogP contribution in [0.2, 0.25) is 0 Å². The summed E-state index contributed by atoms with van der Waals surface area (Å²) in [5.41, 5.74) is 0. The fraction of sp³-hybridized carbons (Fsp3) is 0.562. The van der Waals surface area contributed by atoms with Gasteiger partial charge in [0, 0.05) is 16.8 Å². The summed E-state index contributed by atoms with van der Waals surface area (Å²) in [7, 11) is 0. The van der Waals surface area contributed by atoms with E-state index in [0.29, 0.717) is 0 Å². The molecule has 0 unspecified atom stereocenters. The fourth-order valence-corrected chi connectivity index (χ4v) is 1.84. The molecule has 0 nitrogen and oxygen atoms in total. The third kappa shape index (κ3) is 12.0. The second-order valence-corrected chi connectivity index (χ2v) is 4.38. The van der Waals surface area contributed by atoms with Crippen molar-refractivity contribution in [1.82, 2.24) is 0 Å². The predicted molar refractivity (Wildman–Crippen MR) is 73.3 cm³/mol. The number of hydrogen-bond acceptors (Lipinski definition) is 0. The molecular weight excluding hydrogens is 251 g/mol. The minimum absolute atomic E-state index is 0. The van der Waals surface area contributed by atoms with Crippen LogP contribution in [0.3, 0.4) is 0 Å². The molecule has 1 heteroatoms. The quantitative estimate of drug-likeness (QED) is 0.411. The molecule has 0 atom stereocenters. The Hall–Kier alpha value is -0.274. The van der Waals surface area contributed by atoms with E-state index in [4.69, 9.17) is 0 Å². The zero-order valence-electron chi connectivity index (χ0n) is 10.7. The van der Waals surface area contributed by atoms with E-state index in [1.807, 2.05) is 0 Å². The summed E-state index contributed by atoms with van der Waals surface area (Å²) in [6, 6.07) is 0. The molecule has 0 N–H and O–H groups in total. The van der Waals surface area contributed by atoms with Crippen LogP contribution in [0.15, 0.2) is 36.5 Å². The van der Waals surface area contributed by atoms with Crippen molar-refractivity contribution < 1.29 is 16.8 Å². The zero-order chi connectivity index (χ0) is 11.3. The molecule has 0 amide bonds.